The molecule has 1 saturated heterocycles. The van der Waals surface area contributed by atoms with Gasteiger partial charge in [-0.2, -0.15) is 0 Å². The van der Waals surface area contributed by atoms with Gasteiger partial charge in [-0.25, -0.2) is 4.79 Å². The molecule has 14 atom stereocenters. The minimum Gasteiger partial charge on any atom is -0.481 e. The van der Waals surface area contributed by atoms with Gasteiger partial charge in [0.15, 0.2) is 11.9 Å². The molecule has 0 radical (unpaired) electrons. The summed E-state index contributed by atoms with van der Waals surface area (Å²) in [5, 5.41) is 73.1. The third-order valence-electron chi connectivity index (χ3n) is 14.2. The molecule has 1 fully saturated rings. The van der Waals surface area contributed by atoms with E-state index in [0.29, 0.717) is 25.8 Å². The van der Waals surface area contributed by atoms with E-state index in [2.05, 4.69) is 63.2 Å². The number of nitrogens with zero attached hydrogens (tertiary/aromatic N) is 2. The van der Waals surface area contributed by atoms with E-state index >= 15 is 0 Å². The van der Waals surface area contributed by atoms with Crippen molar-refractivity contribution in [2.45, 2.75) is 210 Å². The molecular weight excluding hydrogens is 1220 g/mol. The number of rotatable bonds is 44. The van der Waals surface area contributed by atoms with Crippen molar-refractivity contribution in [2.75, 3.05) is 26.2 Å². The van der Waals surface area contributed by atoms with E-state index in [1.807, 2.05) is 0 Å². The Balaban J connectivity index is 3.28. The fraction of sp³-hybridized carbons (Fsp3) is 0.704. The molecule has 0 bridgehead atoms. The number of nitrogens with two attached hydrogens (primary N) is 6. The summed E-state index contributed by atoms with van der Waals surface area (Å²) in [7, 11) is 0. The largest absolute Gasteiger partial charge is 0.481 e. The van der Waals surface area contributed by atoms with E-state index < -0.39 is 200 Å². The summed E-state index contributed by atoms with van der Waals surface area (Å²) in [6.45, 7) is 7.15. The maximum atomic E-state index is 13.9. The lowest BCUT2D eigenvalue weighted by molar-refractivity contribution is -0.144. The third kappa shape index (κ3) is 31.6. The van der Waals surface area contributed by atoms with Crippen molar-refractivity contribution < 1.29 is 97.4 Å². The number of carbonyl (C=O) groups excluding carboxylic acids is 10. The highest BCUT2D eigenvalue weighted by Crippen LogP contribution is 2.17. The molecule has 0 aromatic rings. The number of aliphatic imine (C=N–C) groups is 2. The summed E-state index contributed by atoms with van der Waals surface area (Å²) in [6, 6.07) is -16.0. The maximum Gasteiger partial charge on any atom is 0.326 e. The van der Waals surface area contributed by atoms with Crippen molar-refractivity contribution in [1.29, 1.82) is 0 Å². The molecule has 0 unspecified atom stereocenters. The van der Waals surface area contributed by atoms with Gasteiger partial charge in [0.2, 0.25) is 59.1 Å². The highest BCUT2D eigenvalue weighted by atomic mass is 16.5. The highest BCUT2D eigenvalue weighted by Gasteiger charge is 2.38. The number of carboxylic acids is 4. The smallest absolute Gasteiger partial charge is 0.326 e. The summed E-state index contributed by atoms with van der Waals surface area (Å²) >= 11 is 0. The lowest BCUT2D eigenvalue weighted by Gasteiger charge is -2.32. The minimum atomic E-state index is -1.97. The summed E-state index contributed by atoms with van der Waals surface area (Å²) in [6.07, 6.45) is -5.76. The number of ether oxygens (including phenoxy) is 1. The lowest BCUT2D eigenvalue weighted by Crippen LogP contribution is -2.62. The fourth-order valence-corrected chi connectivity index (χ4v) is 8.78. The monoisotopic (exact) mass is 1310 g/mol. The predicted octanol–water partition coefficient (Wildman–Crippen LogP) is -7.67. The molecular formula is C54H94N18O20. The van der Waals surface area contributed by atoms with Crippen molar-refractivity contribution in [3.8, 4) is 0 Å². The Labute approximate surface area is 530 Å². The second-order valence-corrected chi connectivity index (χ2v) is 22.1. The highest BCUT2D eigenvalue weighted by molar-refractivity contribution is 5.99. The van der Waals surface area contributed by atoms with Crippen LogP contribution in [0, 0.1) is 5.92 Å². The van der Waals surface area contributed by atoms with Crippen LogP contribution in [0.1, 0.15) is 131 Å². The Morgan fingerprint density at radius 3 is 1.39 bits per heavy atom. The van der Waals surface area contributed by atoms with E-state index in [-0.39, 0.29) is 76.6 Å². The number of carbonyl (C=O) groups is 14. The SMILES string of the molecule is CC[C@H](C)[C@H](NC(=O)[C@@H](NC(=O)[C@H](CCCCN)NC(=O)[C@H](C)N)[C@@H](C)O)C(=O)N[C@@H]1CC[C@@H](C(=O)N[C@@H](CC(=O)O)C(=O)N[C@@H](CCC(=O)O)C(=O)N[C@@H](CCC(=O)O)C(=O)N[C@@H](C)C(=O)N[C@@H](CCCN=C(N)N)C(=O)N[C@@H](CCCN=C(N)N)C(=O)O)OC1. The van der Waals surface area contributed by atoms with Crippen LogP contribution >= 0.6 is 0 Å². The van der Waals surface area contributed by atoms with Gasteiger partial charge in [0.25, 0.3) is 0 Å². The van der Waals surface area contributed by atoms with E-state index in [0.717, 1.165) is 6.92 Å². The molecule has 0 saturated carbocycles. The number of hydrogen-bond acceptors (Lipinski definition) is 20. The van der Waals surface area contributed by atoms with Crippen molar-refractivity contribution in [3.05, 3.63) is 0 Å². The van der Waals surface area contributed by atoms with Gasteiger partial charge in [-0.15, -0.1) is 0 Å². The number of guanidine groups is 2. The number of amides is 10. The molecule has 0 aliphatic carbocycles. The van der Waals surface area contributed by atoms with E-state index in [1.54, 1.807) is 13.8 Å². The number of aliphatic hydroxyl groups excluding tert-OH is 1. The molecule has 520 valence electrons. The van der Waals surface area contributed by atoms with Crippen LogP contribution in [-0.2, 0) is 71.9 Å². The molecule has 0 aromatic heterocycles. The van der Waals surface area contributed by atoms with Gasteiger partial charge < -0.3 is 118 Å². The minimum absolute atomic E-state index is 0.0276. The van der Waals surface area contributed by atoms with Crippen LogP contribution in [0.5, 0.6) is 0 Å². The number of carboxylic acid groups (broad SMARTS) is 4. The van der Waals surface area contributed by atoms with Crippen molar-refractivity contribution in [2.24, 2.45) is 50.3 Å². The zero-order valence-corrected chi connectivity index (χ0v) is 52.2. The van der Waals surface area contributed by atoms with Gasteiger partial charge in [0.05, 0.1) is 31.2 Å². The first kappa shape index (κ1) is 81.0. The molecule has 1 heterocycles. The molecule has 38 heteroatoms. The van der Waals surface area contributed by atoms with Crippen molar-refractivity contribution in [1.82, 2.24) is 53.2 Å². The van der Waals surface area contributed by atoms with Gasteiger partial charge in [0, 0.05) is 25.9 Å². The molecule has 27 N–H and O–H groups in total. The molecule has 0 aromatic carbocycles. The standard InChI is InChI=1S/C54H94N18O20/c1-6-25(2)40(71-51(89)41(28(5)73)72-47(85)30(11-7-8-20-55)65-42(80)26(3)56)50(88)64-29-14-17-36(92-24-29)49(87)70-35(23-39(78)79)48(86)68-33(16-19-38(76)77)46(84)67-32(15-18-37(74)75)44(82)63-27(4)43(81)66-31(12-9-21-61-53(57)58)45(83)69-34(52(90)91)13-10-22-62-54(59)60/h25-36,40-41,73H,6-24,55-56H2,1-5H3,(H,63,82)(H,64,88)(H,65,80)(H,66,81)(H,67,84)(H,68,86)(H,69,83)(H,70,87)(H,71,89)(H,72,85)(H,74,75)(H,76,77)(H,78,79)(H,90,91)(H4,57,58,61)(H4,59,60,62)/t25-,26-,27-,28+,29+,30-,31-,32-,33-,34-,35-,36-,40-,41-/m0/s1. The Morgan fingerprint density at radius 1 is 0.500 bits per heavy atom. The summed E-state index contributed by atoms with van der Waals surface area (Å²) in [5.74, 6) is -17.1. The van der Waals surface area contributed by atoms with E-state index in [1.165, 1.54) is 13.8 Å². The number of aliphatic hydroxyl groups is 1. The quantitative estimate of drug-likeness (QED) is 0.0153. The van der Waals surface area contributed by atoms with Gasteiger partial charge >= 0.3 is 23.9 Å². The Morgan fingerprint density at radius 2 is 0.946 bits per heavy atom. The first-order valence-corrected chi connectivity index (χ1v) is 29.9. The zero-order valence-electron chi connectivity index (χ0n) is 52.2. The normalized spacial score (nSPS) is 17.4. The number of unbranched alkanes of at least 4 members (excludes halogenated alkanes) is 1. The van der Waals surface area contributed by atoms with Crippen LogP contribution in [0.15, 0.2) is 9.98 Å². The zero-order chi connectivity index (χ0) is 69.9. The van der Waals surface area contributed by atoms with Gasteiger partial charge in [0.1, 0.15) is 60.5 Å². The third-order valence-corrected chi connectivity index (χ3v) is 14.2. The molecule has 1 rings (SSSR count). The lowest BCUT2D eigenvalue weighted by atomic mass is 9.96. The molecule has 0 spiro atoms. The average Bonchev–Trinajstić information content (AvgIpc) is 1.00. The van der Waals surface area contributed by atoms with Gasteiger partial charge in [-0.3, -0.25) is 72.3 Å². The van der Waals surface area contributed by atoms with Crippen molar-refractivity contribution >= 4 is 94.9 Å². The van der Waals surface area contributed by atoms with Gasteiger partial charge in [-0.1, -0.05) is 20.3 Å². The first-order chi connectivity index (χ1) is 43.1. The fourth-order valence-electron chi connectivity index (χ4n) is 8.78. The number of aliphatic carboxylic acids is 4. The Hall–Kier alpha value is -9.04. The maximum absolute atomic E-state index is 13.9. The van der Waals surface area contributed by atoms with E-state index in [9.17, 15) is 92.7 Å². The van der Waals surface area contributed by atoms with Crippen LogP contribution in [0.25, 0.3) is 0 Å². The average molecular weight is 1320 g/mol. The summed E-state index contributed by atoms with van der Waals surface area (Å²) in [5.41, 5.74) is 32.7. The Kier molecular flexibility index (Phi) is 37.1. The second-order valence-electron chi connectivity index (χ2n) is 22.1. The molecule has 1 aliphatic rings. The summed E-state index contributed by atoms with van der Waals surface area (Å²) < 4.78 is 5.72. The summed E-state index contributed by atoms with van der Waals surface area (Å²) in [4.78, 5) is 191. The van der Waals surface area contributed by atoms with Crippen LogP contribution < -0.4 is 87.6 Å². The van der Waals surface area contributed by atoms with Crippen LogP contribution in [0.4, 0.5) is 0 Å². The van der Waals surface area contributed by atoms with E-state index in [4.69, 9.17) is 39.1 Å². The van der Waals surface area contributed by atoms with Crippen molar-refractivity contribution in [3.63, 3.8) is 0 Å². The topological polar surface area (TPSA) is 650 Å². The Bertz CT molecular complexity index is 2590. The van der Waals surface area contributed by atoms with Crippen LogP contribution in [0.2, 0.25) is 0 Å². The van der Waals surface area contributed by atoms with Crippen LogP contribution in [0.3, 0.4) is 0 Å². The molecule has 10 amide bonds. The number of nitrogens with one attached hydrogen (secondary N) is 10. The number of hydrogen-bond donors (Lipinski definition) is 21. The molecule has 38 nitrogen and oxygen atoms in total. The van der Waals surface area contributed by atoms with Crippen LogP contribution in [-0.4, -0.2) is 225 Å². The second kappa shape index (κ2) is 42.1. The molecule has 92 heavy (non-hydrogen) atoms. The van der Waals surface area contributed by atoms with Gasteiger partial charge in [-0.05, 0) is 104 Å². The predicted molar refractivity (Wildman–Crippen MR) is 325 cm³/mol. The first-order valence-electron chi connectivity index (χ1n) is 29.9. The molecule has 1 aliphatic heterocycles.